The van der Waals surface area contributed by atoms with Gasteiger partial charge in [-0.1, -0.05) is 41.4 Å². The molecular weight excluding hydrogens is 333 g/mol. The summed E-state index contributed by atoms with van der Waals surface area (Å²) < 4.78 is 5.82. The van der Waals surface area contributed by atoms with E-state index in [9.17, 15) is 0 Å². The standard InChI is InChI=1S/C17H15Cl2N3O/c1-10-8-11(18)9-13(19)16(10)23-7-6-15-12-4-2-3-5-14(12)21-17(20)22-15/h2-5,8-9H,6-7H2,1H3,(H2,20,21,22). The Bertz CT molecular complexity index is 845. The molecule has 6 heteroatoms. The summed E-state index contributed by atoms with van der Waals surface area (Å²) >= 11 is 12.1. The average Bonchev–Trinajstić information content (AvgIpc) is 2.49. The predicted octanol–water partition coefficient (Wildman–Crippen LogP) is 4.45. The van der Waals surface area contributed by atoms with Crippen molar-refractivity contribution in [1.82, 2.24) is 9.97 Å². The van der Waals surface area contributed by atoms with E-state index in [2.05, 4.69) is 9.97 Å². The Kier molecular flexibility index (Phi) is 4.55. The van der Waals surface area contributed by atoms with Crippen LogP contribution in [0.15, 0.2) is 36.4 Å². The third-order valence-electron chi connectivity index (χ3n) is 3.48. The van der Waals surface area contributed by atoms with Crippen LogP contribution in [0.5, 0.6) is 5.75 Å². The van der Waals surface area contributed by atoms with Crippen LogP contribution in [0, 0.1) is 6.92 Å². The molecule has 0 unspecified atom stereocenters. The zero-order valence-corrected chi connectivity index (χ0v) is 14.0. The van der Waals surface area contributed by atoms with Crippen molar-refractivity contribution in [1.29, 1.82) is 0 Å². The molecule has 3 rings (SSSR count). The van der Waals surface area contributed by atoms with Gasteiger partial charge in [-0.2, -0.15) is 0 Å². The molecule has 23 heavy (non-hydrogen) atoms. The molecule has 0 aliphatic heterocycles. The molecule has 118 valence electrons. The Labute approximate surface area is 144 Å². The molecule has 0 aliphatic rings. The van der Waals surface area contributed by atoms with Gasteiger partial charge < -0.3 is 10.5 Å². The Hall–Kier alpha value is -2.04. The SMILES string of the molecule is Cc1cc(Cl)cc(Cl)c1OCCc1nc(N)nc2ccccc12. The number of rotatable bonds is 4. The van der Waals surface area contributed by atoms with E-state index in [-0.39, 0.29) is 5.95 Å². The van der Waals surface area contributed by atoms with E-state index in [1.54, 1.807) is 6.07 Å². The van der Waals surface area contributed by atoms with Crippen molar-refractivity contribution in [3.63, 3.8) is 0 Å². The molecule has 1 heterocycles. The zero-order valence-electron chi connectivity index (χ0n) is 12.5. The second kappa shape index (κ2) is 6.60. The fourth-order valence-electron chi connectivity index (χ4n) is 2.47. The normalized spacial score (nSPS) is 10.9. The molecule has 4 nitrogen and oxygen atoms in total. The van der Waals surface area contributed by atoms with E-state index in [4.69, 9.17) is 33.7 Å². The second-order valence-electron chi connectivity index (χ2n) is 5.18. The van der Waals surface area contributed by atoms with Gasteiger partial charge in [0.1, 0.15) is 5.75 Å². The number of hydrogen-bond acceptors (Lipinski definition) is 4. The van der Waals surface area contributed by atoms with E-state index in [1.165, 1.54) is 0 Å². The molecule has 2 N–H and O–H groups in total. The molecule has 0 fully saturated rings. The monoisotopic (exact) mass is 347 g/mol. The minimum atomic E-state index is 0.263. The minimum Gasteiger partial charge on any atom is -0.491 e. The molecular formula is C17H15Cl2N3O. The smallest absolute Gasteiger partial charge is 0.220 e. The van der Waals surface area contributed by atoms with Gasteiger partial charge in [0.25, 0.3) is 0 Å². The lowest BCUT2D eigenvalue weighted by Gasteiger charge is -2.12. The number of nitrogen functional groups attached to an aromatic ring is 1. The van der Waals surface area contributed by atoms with Gasteiger partial charge >= 0.3 is 0 Å². The Morgan fingerprint density at radius 3 is 2.70 bits per heavy atom. The highest BCUT2D eigenvalue weighted by Crippen LogP contribution is 2.32. The lowest BCUT2D eigenvalue weighted by Crippen LogP contribution is -2.07. The number of nitrogens with zero attached hydrogens (tertiary/aromatic N) is 2. The third kappa shape index (κ3) is 3.49. The lowest BCUT2D eigenvalue weighted by molar-refractivity contribution is 0.319. The summed E-state index contributed by atoms with van der Waals surface area (Å²) in [7, 11) is 0. The number of fused-ring (bicyclic) bond motifs is 1. The first kappa shape index (κ1) is 15.8. The van der Waals surface area contributed by atoms with Gasteiger partial charge in [0.2, 0.25) is 5.95 Å². The maximum atomic E-state index is 6.18. The molecule has 0 spiro atoms. The molecule has 0 bridgehead atoms. The fraction of sp³-hybridized carbons (Fsp3) is 0.176. The van der Waals surface area contributed by atoms with Gasteiger partial charge in [-0.05, 0) is 30.7 Å². The fourth-order valence-corrected chi connectivity index (χ4v) is 3.12. The van der Waals surface area contributed by atoms with Crippen LogP contribution >= 0.6 is 23.2 Å². The van der Waals surface area contributed by atoms with Crippen LogP contribution in [0.4, 0.5) is 5.95 Å². The predicted molar refractivity (Wildman–Crippen MR) is 94.3 cm³/mol. The first-order chi connectivity index (χ1) is 11.0. The van der Waals surface area contributed by atoms with Gasteiger partial charge in [0.05, 0.1) is 22.8 Å². The molecule has 2 aromatic carbocycles. The molecule has 3 aromatic rings. The number of anilines is 1. The third-order valence-corrected chi connectivity index (χ3v) is 3.98. The Morgan fingerprint density at radius 2 is 1.91 bits per heavy atom. The van der Waals surface area contributed by atoms with Crippen LogP contribution in [0.2, 0.25) is 10.0 Å². The van der Waals surface area contributed by atoms with Gasteiger partial charge in [-0.3, -0.25) is 0 Å². The molecule has 0 amide bonds. The van der Waals surface area contributed by atoms with Crippen molar-refractivity contribution >= 4 is 40.1 Å². The van der Waals surface area contributed by atoms with Crippen molar-refractivity contribution in [3.8, 4) is 5.75 Å². The van der Waals surface area contributed by atoms with Crippen molar-refractivity contribution in [2.75, 3.05) is 12.3 Å². The van der Waals surface area contributed by atoms with Crippen LogP contribution in [0.25, 0.3) is 10.9 Å². The first-order valence-corrected chi connectivity index (χ1v) is 7.90. The van der Waals surface area contributed by atoms with Gasteiger partial charge in [-0.25, -0.2) is 9.97 Å². The van der Waals surface area contributed by atoms with Crippen molar-refractivity contribution in [3.05, 3.63) is 57.7 Å². The van der Waals surface area contributed by atoms with E-state index < -0.39 is 0 Å². The number of aryl methyl sites for hydroxylation is 1. The largest absolute Gasteiger partial charge is 0.491 e. The summed E-state index contributed by atoms with van der Waals surface area (Å²) in [5, 5.41) is 2.07. The Balaban J connectivity index is 1.80. The van der Waals surface area contributed by atoms with Crippen LogP contribution in [0.3, 0.4) is 0 Å². The number of benzene rings is 2. The summed E-state index contributed by atoms with van der Waals surface area (Å²) in [6.07, 6.45) is 0.603. The maximum absolute atomic E-state index is 6.18. The summed E-state index contributed by atoms with van der Waals surface area (Å²) in [4.78, 5) is 8.55. The van der Waals surface area contributed by atoms with E-state index >= 15 is 0 Å². The number of ether oxygens (including phenoxy) is 1. The van der Waals surface area contributed by atoms with Gasteiger partial charge in [-0.15, -0.1) is 0 Å². The van der Waals surface area contributed by atoms with Crippen LogP contribution in [-0.4, -0.2) is 16.6 Å². The number of aromatic nitrogens is 2. The summed E-state index contributed by atoms with van der Waals surface area (Å²) in [5.41, 5.74) is 8.36. The highest BCUT2D eigenvalue weighted by molar-refractivity contribution is 6.35. The van der Waals surface area contributed by atoms with E-state index in [0.717, 1.165) is 22.2 Å². The quantitative estimate of drug-likeness (QED) is 0.757. The van der Waals surface area contributed by atoms with Crippen molar-refractivity contribution < 1.29 is 4.74 Å². The maximum Gasteiger partial charge on any atom is 0.220 e. The molecule has 0 atom stereocenters. The minimum absolute atomic E-state index is 0.263. The topological polar surface area (TPSA) is 61.0 Å². The number of para-hydroxylation sites is 1. The first-order valence-electron chi connectivity index (χ1n) is 7.14. The summed E-state index contributed by atoms with van der Waals surface area (Å²) in [5.74, 6) is 0.904. The lowest BCUT2D eigenvalue weighted by atomic mass is 10.1. The van der Waals surface area contributed by atoms with Gasteiger partial charge in [0, 0.05) is 16.8 Å². The van der Waals surface area contributed by atoms with Crippen LogP contribution in [0.1, 0.15) is 11.3 Å². The molecule has 0 radical (unpaired) electrons. The zero-order chi connectivity index (χ0) is 16.4. The van der Waals surface area contributed by atoms with Gasteiger partial charge in [0.15, 0.2) is 0 Å². The highest BCUT2D eigenvalue weighted by atomic mass is 35.5. The summed E-state index contributed by atoms with van der Waals surface area (Å²) in [6, 6.07) is 11.3. The Morgan fingerprint density at radius 1 is 1.13 bits per heavy atom. The van der Waals surface area contributed by atoms with Crippen molar-refractivity contribution in [2.24, 2.45) is 0 Å². The molecule has 0 saturated carbocycles. The molecule has 0 saturated heterocycles. The van der Waals surface area contributed by atoms with Crippen LogP contribution in [-0.2, 0) is 6.42 Å². The van der Waals surface area contributed by atoms with Crippen LogP contribution < -0.4 is 10.5 Å². The number of halogens is 2. The summed E-state index contributed by atoms with van der Waals surface area (Å²) in [6.45, 7) is 2.34. The average molecular weight is 348 g/mol. The molecule has 1 aromatic heterocycles. The highest BCUT2D eigenvalue weighted by Gasteiger charge is 2.10. The van der Waals surface area contributed by atoms with E-state index in [0.29, 0.717) is 28.8 Å². The second-order valence-corrected chi connectivity index (χ2v) is 6.02. The number of hydrogen-bond donors (Lipinski definition) is 1. The van der Waals surface area contributed by atoms with Crippen molar-refractivity contribution in [2.45, 2.75) is 13.3 Å². The number of nitrogens with two attached hydrogens (primary N) is 1. The van der Waals surface area contributed by atoms with E-state index in [1.807, 2.05) is 37.3 Å². The molecule has 0 aliphatic carbocycles.